The third-order valence-electron chi connectivity index (χ3n) is 6.17. The van der Waals surface area contributed by atoms with E-state index in [-0.39, 0.29) is 11.5 Å². The number of amides is 1. The Kier molecular flexibility index (Phi) is 5.59. The number of benzene rings is 1. The smallest absolute Gasteiger partial charge is 0.254 e. The average molecular weight is 380 g/mol. The molecule has 3 heterocycles. The first-order valence-electron chi connectivity index (χ1n) is 10.2. The molecule has 148 valence electrons. The summed E-state index contributed by atoms with van der Waals surface area (Å²) >= 11 is 0. The fourth-order valence-corrected chi connectivity index (χ4v) is 4.53. The van der Waals surface area contributed by atoms with Crippen LogP contribution in [0.15, 0.2) is 53.5 Å². The zero-order valence-electron chi connectivity index (χ0n) is 16.3. The topological polar surface area (TPSA) is 66.4 Å². The van der Waals surface area contributed by atoms with Crippen molar-refractivity contribution in [3.63, 3.8) is 0 Å². The van der Waals surface area contributed by atoms with E-state index in [2.05, 4.69) is 41.2 Å². The molecule has 0 spiro atoms. The maximum absolute atomic E-state index is 12.8. The summed E-state index contributed by atoms with van der Waals surface area (Å²) in [5.74, 6) is 0.948. The predicted octanol–water partition coefficient (Wildman–Crippen LogP) is 1.98. The number of carbonyl (C=O) groups is 1. The van der Waals surface area contributed by atoms with E-state index >= 15 is 0 Å². The number of pyridine rings is 1. The Morgan fingerprint density at radius 1 is 1.14 bits per heavy atom. The highest BCUT2D eigenvalue weighted by Gasteiger charge is 2.36. The van der Waals surface area contributed by atoms with Crippen molar-refractivity contribution in [1.82, 2.24) is 20.3 Å². The molecule has 2 N–H and O–H groups in total. The third kappa shape index (κ3) is 3.75. The maximum atomic E-state index is 12.8. The molecule has 2 aromatic rings. The molecule has 2 atom stereocenters. The quantitative estimate of drug-likeness (QED) is 0.851. The second-order valence-corrected chi connectivity index (χ2v) is 7.74. The van der Waals surface area contributed by atoms with Crippen molar-refractivity contribution in [2.45, 2.75) is 38.3 Å². The number of nitrogens with zero attached hydrogens (tertiary/aromatic N) is 2. The lowest BCUT2D eigenvalue weighted by Gasteiger charge is -2.36. The van der Waals surface area contributed by atoms with Gasteiger partial charge in [-0.05, 0) is 37.3 Å². The molecule has 1 aromatic heterocycles. The van der Waals surface area contributed by atoms with Gasteiger partial charge in [0.25, 0.3) is 11.5 Å². The van der Waals surface area contributed by atoms with Crippen LogP contribution in [0.2, 0.25) is 0 Å². The first-order chi connectivity index (χ1) is 13.7. The van der Waals surface area contributed by atoms with Gasteiger partial charge >= 0.3 is 0 Å². The number of hydrogen-bond donors (Lipinski definition) is 2. The van der Waals surface area contributed by atoms with Gasteiger partial charge in [0.15, 0.2) is 0 Å². The van der Waals surface area contributed by atoms with Gasteiger partial charge in [0.1, 0.15) is 0 Å². The van der Waals surface area contributed by atoms with E-state index in [0.717, 1.165) is 32.5 Å². The number of rotatable bonds is 4. The van der Waals surface area contributed by atoms with Crippen molar-refractivity contribution < 1.29 is 4.79 Å². The normalized spacial score (nSPS) is 23.1. The van der Waals surface area contributed by atoms with Crippen LogP contribution in [0, 0.1) is 5.92 Å². The highest BCUT2D eigenvalue weighted by molar-refractivity contribution is 5.94. The van der Waals surface area contributed by atoms with Gasteiger partial charge in [-0.2, -0.15) is 0 Å². The minimum absolute atomic E-state index is 0.0316. The van der Waals surface area contributed by atoms with Crippen molar-refractivity contribution in [2.24, 2.45) is 5.92 Å². The molecule has 1 amide bonds. The van der Waals surface area contributed by atoms with Crippen LogP contribution in [-0.2, 0) is 6.54 Å². The number of piperidine rings is 1. The van der Waals surface area contributed by atoms with Crippen LogP contribution in [0.25, 0.3) is 0 Å². The Bertz CT molecular complexity index is 872. The van der Waals surface area contributed by atoms with Crippen molar-refractivity contribution >= 4 is 5.91 Å². The lowest BCUT2D eigenvalue weighted by atomic mass is 9.80. The highest BCUT2D eigenvalue weighted by Crippen LogP contribution is 2.32. The molecular formula is C22H28N4O2. The molecule has 0 radical (unpaired) electrons. The molecule has 0 aliphatic carbocycles. The molecule has 2 saturated heterocycles. The average Bonchev–Trinajstić information content (AvgIpc) is 3.24. The van der Waals surface area contributed by atoms with Crippen molar-refractivity contribution in [1.29, 1.82) is 0 Å². The fraction of sp³-hybridized carbons (Fsp3) is 0.455. The lowest BCUT2D eigenvalue weighted by Crippen LogP contribution is -2.46. The Labute approximate surface area is 165 Å². The zero-order valence-corrected chi connectivity index (χ0v) is 16.3. The summed E-state index contributed by atoms with van der Waals surface area (Å²) in [6.45, 7) is 4.94. The van der Waals surface area contributed by atoms with Crippen LogP contribution < -0.4 is 16.4 Å². The summed E-state index contributed by atoms with van der Waals surface area (Å²) in [6.07, 6.45) is 3.65. The molecule has 2 unspecified atom stereocenters. The summed E-state index contributed by atoms with van der Waals surface area (Å²) in [5, 5.41) is 0. The molecule has 0 bridgehead atoms. The number of aryl methyl sites for hydroxylation is 1. The molecule has 0 saturated carbocycles. The number of nitrogens with one attached hydrogen (secondary N) is 2. The summed E-state index contributed by atoms with van der Waals surface area (Å²) in [7, 11) is 0. The maximum Gasteiger partial charge on any atom is 0.254 e. The van der Waals surface area contributed by atoms with Crippen molar-refractivity contribution in [2.75, 3.05) is 19.6 Å². The van der Waals surface area contributed by atoms with Gasteiger partial charge in [0.05, 0.1) is 0 Å². The summed E-state index contributed by atoms with van der Waals surface area (Å²) in [6, 6.07) is 14.2. The van der Waals surface area contributed by atoms with Crippen LogP contribution >= 0.6 is 0 Å². The standard InChI is InChI=1S/C22H28N4O2/c1-2-25-11-10-18(14-20(25)27)22(28)26-12-8-17(9-13-26)21-19(15-23-24-21)16-6-4-3-5-7-16/h3-7,10-11,14,17,19,21,23-24H,2,8-9,12-13,15H2,1H3. The first kappa shape index (κ1) is 18.9. The van der Waals surface area contributed by atoms with E-state index in [1.54, 1.807) is 16.8 Å². The number of hydrogen-bond acceptors (Lipinski definition) is 4. The summed E-state index contributed by atoms with van der Waals surface area (Å²) < 4.78 is 1.60. The first-order valence-corrected chi connectivity index (χ1v) is 10.2. The van der Waals surface area contributed by atoms with Crippen LogP contribution in [0.3, 0.4) is 0 Å². The minimum Gasteiger partial charge on any atom is -0.339 e. The molecule has 4 rings (SSSR count). The van der Waals surface area contributed by atoms with Gasteiger partial charge < -0.3 is 9.47 Å². The zero-order chi connectivity index (χ0) is 19.5. The summed E-state index contributed by atoms with van der Waals surface area (Å²) in [5.41, 5.74) is 8.54. The van der Waals surface area contributed by atoms with E-state index in [1.165, 1.54) is 11.6 Å². The molecule has 2 fully saturated rings. The van der Waals surface area contributed by atoms with Crippen LogP contribution in [-0.4, -0.2) is 41.1 Å². The Balaban J connectivity index is 1.40. The van der Waals surface area contributed by atoms with Crippen molar-refractivity contribution in [3.8, 4) is 0 Å². The number of carbonyl (C=O) groups excluding carboxylic acids is 1. The van der Waals surface area contributed by atoms with Crippen LogP contribution in [0.5, 0.6) is 0 Å². The monoisotopic (exact) mass is 380 g/mol. The molecule has 2 aliphatic rings. The highest BCUT2D eigenvalue weighted by atomic mass is 16.2. The van der Waals surface area contributed by atoms with Gasteiger partial charge in [-0.1, -0.05) is 30.3 Å². The fourth-order valence-electron chi connectivity index (χ4n) is 4.53. The Morgan fingerprint density at radius 3 is 2.57 bits per heavy atom. The minimum atomic E-state index is -0.116. The number of hydrazine groups is 1. The third-order valence-corrected chi connectivity index (χ3v) is 6.17. The second kappa shape index (κ2) is 8.29. The van der Waals surface area contributed by atoms with Crippen LogP contribution in [0.1, 0.15) is 41.6 Å². The Morgan fingerprint density at radius 2 is 1.89 bits per heavy atom. The Hall–Kier alpha value is -2.44. The lowest BCUT2D eigenvalue weighted by molar-refractivity contribution is 0.0669. The van der Waals surface area contributed by atoms with Gasteiger partial charge in [-0.3, -0.25) is 20.4 Å². The molecule has 6 nitrogen and oxygen atoms in total. The molecular weight excluding hydrogens is 352 g/mol. The van der Waals surface area contributed by atoms with Gasteiger partial charge in [-0.25, -0.2) is 0 Å². The molecule has 28 heavy (non-hydrogen) atoms. The number of likely N-dealkylation sites (tertiary alicyclic amines) is 1. The number of aromatic nitrogens is 1. The van der Waals surface area contributed by atoms with E-state index in [9.17, 15) is 9.59 Å². The van der Waals surface area contributed by atoms with Gasteiger partial charge in [-0.15, -0.1) is 0 Å². The predicted molar refractivity (Wildman–Crippen MR) is 109 cm³/mol. The van der Waals surface area contributed by atoms with Gasteiger partial charge in [0.2, 0.25) is 0 Å². The second-order valence-electron chi connectivity index (χ2n) is 7.74. The SMILES string of the molecule is CCn1ccc(C(=O)N2CCC(C3NNCC3c3ccccc3)CC2)cc1=O. The van der Waals surface area contributed by atoms with Gasteiger partial charge in [0, 0.05) is 56.0 Å². The molecule has 6 heteroatoms. The summed E-state index contributed by atoms with van der Waals surface area (Å²) in [4.78, 5) is 26.7. The van der Waals surface area contributed by atoms with Crippen LogP contribution in [0.4, 0.5) is 0 Å². The van der Waals surface area contributed by atoms with E-state index in [4.69, 9.17) is 0 Å². The molecule has 1 aromatic carbocycles. The molecule has 2 aliphatic heterocycles. The van der Waals surface area contributed by atoms with E-state index in [1.807, 2.05) is 11.8 Å². The van der Waals surface area contributed by atoms with E-state index < -0.39 is 0 Å². The van der Waals surface area contributed by atoms with Crippen molar-refractivity contribution in [3.05, 3.63) is 70.1 Å². The largest absolute Gasteiger partial charge is 0.339 e. The van der Waals surface area contributed by atoms with E-state index in [0.29, 0.717) is 30.0 Å².